The number of hydrogen-bond donors (Lipinski definition) is 4. The molecule has 2 saturated heterocycles. The molecule has 0 aliphatic carbocycles. The highest BCUT2D eigenvalue weighted by atomic mass is 17.2. The number of ether oxygens (including phenoxy) is 2. The number of nitrogens with zero attached hydrogens (tertiary/aromatic N) is 2. The van der Waals surface area contributed by atoms with Crippen LogP contribution in [0, 0.1) is 0 Å². The Morgan fingerprint density at radius 3 is 1.86 bits per heavy atom. The molecule has 2 heterocycles. The Kier molecular flexibility index (Phi) is 10.2. The minimum atomic E-state index is -0.347. The molecule has 2 atom stereocenters. The lowest BCUT2D eigenvalue weighted by Crippen LogP contribution is -2.37. The Hall–Kier alpha value is -4.26. The number of aliphatic hydroxyl groups excluding tert-OH is 2. The van der Waals surface area contributed by atoms with Gasteiger partial charge in [0, 0.05) is 24.8 Å². The van der Waals surface area contributed by atoms with Crippen LogP contribution in [0.15, 0.2) is 48.6 Å². The molecule has 0 radical (unpaired) electrons. The van der Waals surface area contributed by atoms with E-state index in [1.54, 1.807) is 21.9 Å². The maximum atomic E-state index is 13.2. The molecule has 43 heavy (non-hydrogen) atoms. The van der Waals surface area contributed by atoms with Crippen molar-refractivity contribution >= 4 is 23.2 Å². The van der Waals surface area contributed by atoms with E-state index in [9.17, 15) is 19.8 Å². The van der Waals surface area contributed by atoms with Gasteiger partial charge in [0.15, 0.2) is 5.75 Å². The van der Waals surface area contributed by atoms with Crippen LogP contribution in [0.3, 0.4) is 0 Å². The average Bonchev–Trinajstić information content (AvgIpc) is 3.58. The number of amides is 2. The minimum absolute atomic E-state index is 0.149. The van der Waals surface area contributed by atoms with Crippen LogP contribution in [0.2, 0.25) is 0 Å². The number of rotatable bonds is 12. The molecule has 0 saturated carbocycles. The second-order valence-corrected chi connectivity index (χ2v) is 10.8. The molecule has 2 aromatic rings. The van der Waals surface area contributed by atoms with Crippen molar-refractivity contribution in [3.8, 4) is 17.2 Å². The van der Waals surface area contributed by atoms with Gasteiger partial charge in [0.2, 0.25) is 0 Å². The average molecular weight is 597 g/mol. The van der Waals surface area contributed by atoms with Crippen molar-refractivity contribution in [2.75, 3.05) is 58.6 Å². The van der Waals surface area contributed by atoms with Crippen LogP contribution < -0.4 is 25.8 Å². The van der Waals surface area contributed by atoms with Crippen molar-refractivity contribution in [1.82, 2.24) is 9.80 Å². The molecule has 12 nitrogen and oxygen atoms in total. The molecule has 2 fully saturated rings. The van der Waals surface area contributed by atoms with Crippen LogP contribution in [0.1, 0.15) is 45.5 Å². The first-order valence-corrected chi connectivity index (χ1v) is 14.0. The van der Waals surface area contributed by atoms with Crippen molar-refractivity contribution in [2.45, 2.75) is 37.8 Å². The van der Waals surface area contributed by atoms with Crippen LogP contribution in [0.5, 0.6) is 17.2 Å². The number of likely N-dealkylation sites (tertiary alicyclic amines) is 2. The molecule has 0 aromatic heterocycles. The van der Waals surface area contributed by atoms with Gasteiger partial charge in [-0.1, -0.05) is 24.3 Å². The number of carbonyl (C=O) groups is 2. The Morgan fingerprint density at radius 1 is 0.837 bits per heavy atom. The van der Waals surface area contributed by atoms with Crippen molar-refractivity contribution < 1.29 is 39.1 Å². The summed E-state index contributed by atoms with van der Waals surface area (Å²) >= 11 is 0. The SMILES string of the molecule is C=C1C[C@@H](CO)N(C(=O)c2cc(N)c(CCCOOc3cc(OC)c(C(=O)N4CC(=C)C[C@H]4CO)cc3N)cc2OC)C1. The fourth-order valence-electron chi connectivity index (χ4n) is 5.47. The van der Waals surface area contributed by atoms with E-state index in [0.717, 1.165) is 16.7 Å². The number of benzene rings is 2. The van der Waals surface area contributed by atoms with Gasteiger partial charge < -0.3 is 45.8 Å². The van der Waals surface area contributed by atoms with Gasteiger partial charge in [0.1, 0.15) is 11.5 Å². The zero-order valence-electron chi connectivity index (χ0n) is 24.6. The summed E-state index contributed by atoms with van der Waals surface area (Å²) in [6.45, 7) is 8.47. The van der Waals surface area contributed by atoms with E-state index >= 15 is 0 Å². The zero-order chi connectivity index (χ0) is 31.3. The molecule has 0 unspecified atom stereocenters. The Labute approximate surface area is 251 Å². The van der Waals surface area contributed by atoms with E-state index in [4.69, 9.17) is 30.7 Å². The van der Waals surface area contributed by atoms with Gasteiger partial charge in [-0.25, -0.2) is 0 Å². The lowest BCUT2D eigenvalue weighted by atomic mass is 10.0. The van der Waals surface area contributed by atoms with Gasteiger partial charge in [-0.05, 0) is 49.4 Å². The highest BCUT2D eigenvalue weighted by molar-refractivity contribution is 5.99. The summed E-state index contributed by atoms with van der Waals surface area (Å²) in [5.41, 5.74) is 16.2. The highest BCUT2D eigenvalue weighted by Gasteiger charge is 2.34. The third-order valence-corrected chi connectivity index (χ3v) is 7.74. The van der Waals surface area contributed by atoms with Crippen molar-refractivity contribution in [1.29, 1.82) is 0 Å². The molecular weight excluding hydrogens is 556 g/mol. The lowest BCUT2D eigenvalue weighted by Gasteiger charge is -2.24. The van der Waals surface area contributed by atoms with E-state index < -0.39 is 0 Å². The topological polar surface area (TPSA) is 170 Å². The molecule has 0 spiro atoms. The van der Waals surface area contributed by atoms with Crippen molar-refractivity contribution in [3.05, 3.63) is 65.3 Å². The molecule has 232 valence electrons. The summed E-state index contributed by atoms with van der Waals surface area (Å²) < 4.78 is 10.9. The molecule has 6 N–H and O–H groups in total. The summed E-state index contributed by atoms with van der Waals surface area (Å²) in [6.07, 6.45) is 2.13. The zero-order valence-corrected chi connectivity index (χ0v) is 24.6. The highest BCUT2D eigenvalue weighted by Crippen LogP contribution is 2.35. The molecule has 12 heteroatoms. The quantitative estimate of drug-likeness (QED) is 0.0938. The number of aryl methyl sites for hydroxylation is 1. The van der Waals surface area contributed by atoms with Gasteiger partial charge in [0.25, 0.3) is 11.8 Å². The number of carbonyl (C=O) groups excluding carboxylic acids is 2. The van der Waals surface area contributed by atoms with E-state index in [2.05, 4.69) is 13.2 Å². The van der Waals surface area contributed by atoms with Crippen LogP contribution in [0.4, 0.5) is 11.4 Å². The smallest absolute Gasteiger partial charge is 0.258 e. The van der Waals surface area contributed by atoms with E-state index in [1.165, 1.54) is 26.4 Å². The monoisotopic (exact) mass is 596 g/mol. The van der Waals surface area contributed by atoms with Crippen LogP contribution in [0.25, 0.3) is 0 Å². The number of nitrogens with two attached hydrogens (primary N) is 2. The molecule has 0 bridgehead atoms. The van der Waals surface area contributed by atoms with Gasteiger partial charge in [0.05, 0.1) is 62.9 Å². The fourth-order valence-corrected chi connectivity index (χ4v) is 5.47. The number of nitrogen functional groups attached to an aromatic ring is 2. The van der Waals surface area contributed by atoms with Crippen LogP contribution in [-0.2, 0) is 11.3 Å². The molecule has 2 aromatic carbocycles. The first-order chi connectivity index (χ1) is 20.6. The third-order valence-electron chi connectivity index (χ3n) is 7.74. The van der Waals surface area contributed by atoms with E-state index in [0.29, 0.717) is 55.8 Å². The van der Waals surface area contributed by atoms with Gasteiger partial charge in [-0.15, -0.1) is 0 Å². The van der Waals surface area contributed by atoms with Gasteiger partial charge in [-0.2, -0.15) is 4.89 Å². The second-order valence-electron chi connectivity index (χ2n) is 10.8. The lowest BCUT2D eigenvalue weighted by molar-refractivity contribution is -0.206. The minimum Gasteiger partial charge on any atom is -0.496 e. The predicted molar refractivity (Wildman–Crippen MR) is 161 cm³/mol. The second kappa shape index (κ2) is 13.8. The maximum absolute atomic E-state index is 13.2. The van der Waals surface area contributed by atoms with E-state index in [-0.39, 0.29) is 66.5 Å². The Balaban J connectivity index is 1.36. The number of anilines is 2. The summed E-state index contributed by atoms with van der Waals surface area (Å²) in [6, 6.07) is 5.61. The van der Waals surface area contributed by atoms with Gasteiger partial charge in [-0.3, -0.25) is 9.59 Å². The molecular formula is C31H40N4O8. The maximum Gasteiger partial charge on any atom is 0.258 e. The standard InChI is InChI=1S/C31H40N4O8/c1-18-8-21(16-36)34(14-18)30(38)23-11-25(32)20(10-27(23)40-3)6-5-7-42-43-29-13-28(41-4)24(12-26(29)33)31(39)35-15-19(2)9-22(35)17-37/h10-13,21-22,36-37H,1-2,5-9,14-17,32-33H2,3-4H3/t21-,22-/m0/s1. The first kappa shape index (κ1) is 31.7. The van der Waals surface area contributed by atoms with Crippen LogP contribution >= 0.6 is 0 Å². The largest absolute Gasteiger partial charge is 0.496 e. The Bertz CT molecular complexity index is 1290. The van der Waals surface area contributed by atoms with E-state index in [1.807, 2.05) is 0 Å². The normalized spacial score (nSPS) is 18.3. The van der Waals surface area contributed by atoms with Crippen LogP contribution in [-0.4, -0.2) is 91.0 Å². The first-order valence-electron chi connectivity index (χ1n) is 14.0. The number of methoxy groups -OCH3 is 2. The fraction of sp³-hybridized carbons (Fsp3) is 0.419. The van der Waals surface area contributed by atoms with Crippen molar-refractivity contribution in [2.24, 2.45) is 0 Å². The van der Waals surface area contributed by atoms with Gasteiger partial charge >= 0.3 is 0 Å². The summed E-state index contributed by atoms with van der Waals surface area (Å²) in [4.78, 5) is 40.4. The predicted octanol–water partition coefficient (Wildman–Crippen LogP) is 2.34. The molecule has 2 aliphatic heterocycles. The summed E-state index contributed by atoms with van der Waals surface area (Å²) in [7, 11) is 2.92. The summed E-state index contributed by atoms with van der Waals surface area (Å²) in [5, 5.41) is 19.3. The Morgan fingerprint density at radius 2 is 1.35 bits per heavy atom. The number of hydrogen-bond acceptors (Lipinski definition) is 10. The number of aliphatic hydroxyl groups is 2. The molecule has 4 rings (SSSR count). The van der Waals surface area contributed by atoms with Crippen molar-refractivity contribution in [3.63, 3.8) is 0 Å². The molecule has 2 aliphatic rings. The third kappa shape index (κ3) is 6.87. The molecule has 2 amide bonds. The summed E-state index contributed by atoms with van der Waals surface area (Å²) in [5.74, 6) is 0.231.